The Morgan fingerprint density at radius 2 is 2.17 bits per heavy atom. The molecule has 1 aliphatic rings. The molecule has 0 saturated carbocycles. The lowest BCUT2D eigenvalue weighted by Crippen LogP contribution is -2.27. The van der Waals surface area contributed by atoms with E-state index in [9.17, 15) is 0 Å². The standard InChI is InChI=1S/C15H24N2O/c1-13(2)12-18-15-6-3-5-14(11-15)17-9-4-7-16-8-10-17/h3,5-6,11,13,16H,4,7-10,12H2,1-2H3. The van der Waals surface area contributed by atoms with Gasteiger partial charge in [-0.2, -0.15) is 0 Å². The van der Waals surface area contributed by atoms with Gasteiger partial charge >= 0.3 is 0 Å². The zero-order valence-electron chi connectivity index (χ0n) is 11.5. The number of anilines is 1. The average Bonchev–Trinajstić information content (AvgIpc) is 2.65. The highest BCUT2D eigenvalue weighted by atomic mass is 16.5. The first-order valence-corrected chi connectivity index (χ1v) is 6.94. The molecule has 0 radical (unpaired) electrons. The number of rotatable bonds is 4. The first-order chi connectivity index (χ1) is 8.75. The van der Waals surface area contributed by atoms with Crippen LogP contribution in [0.15, 0.2) is 24.3 Å². The molecule has 0 spiro atoms. The molecular weight excluding hydrogens is 224 g/mol. The lowest BCUT2D eigenvalue weighted by Gasteiger charge is -2.23. The van der Waals surface area contributed by atoms with Crippen LogP contribution in [-0.2, 0) is 0 Å². The van der Waals surface area contributed by atoms with Crippen molar-refractivity contribution in [3.05, 3.63) is 24.3 Å². The fraction of sp³-hybridized carbons (Fsp3) is 0.600. The van der Waals surface area contributed by atoms with E-state index >= 15 is 0 Å². The van der Waals surface area contributed by atoms with Gasteiger partial charge in [0.2, 0.25) is 0 Å². The zero-order chi connectivity index (χ0) is 12.8. The summed E-state index contributed by atoms with van der Waals surface area (Å²) in [6.07, 6.45) is 1.21. The predicted molar refractivity (Wildman–Crippen MR) is 76.5 cm³/mol. The second-order valence-corrected chi connectivity index (χ2v) is 5.29. The topological polar surface area (TPSA) is 24.5 Å². The lowest BCUT2D eigenvalue weighted by atomic mass is 10.2. The van der Waals surface area contributed by atoms with Crippen LogP contribution in [0.2, 0.25) is 0 Å². The number of nitrogens with one attached hydrogen (secondary N) is 1. The van der Waals surface area contributed by atoms with E-state index in [1.54, 1.807) is 0 Å². The maximum atomic E-state index is 5.79. The monoisotopic (exact) mass is 248 g/mol. The van der Waals surface area contributed by atoms with Crippen LogP contribution in [0.25, 0.3) is 0 Å². The summed E-state index contributed by atoms with van der Waals surface area (Å²) in [5.74, 6) is 1.55. The van der Waals surface area contributed by atoms with Crippen LogP contribution < -0.4 is 15.0 Å². The Hall–Kier alpha value is -1.22. The highest BCUT2D eigenvalue weighted by molar-refractivity contribution is 5.50. The van der Waals surface area contributed by atoms with Gasteiger partial charge in [0.05, 0.1) is 6.61 Å². The van der Waals surface area contributed by atoms with Gasteiger partial charge in [-0.05, 0) is 31.0 Å². The smallest absolute Gasteiger partial charge is 0.121 e. The van der Waals surface area contributed by atoms with E-state index < -0.39 is 0 Å². The number of benzene rings is 1. The minimum atomic E-state index is 0.566. The summed E-state index contributed by atoms with van der Waals surface area (Å²) in [7, 11) is 0. The van der Waals surface area contributed by atoms with Gasteiger partial charge in [-0.25, -0.2) is 0 Å². The quantitative estimate of drug-likeness (QED) is 0.886. The maximum absolute atomic E-state index is 5.79. The minimum Gasteiger partial charge on any atom is -0.493 e. The summed E-state index contributed by atoms with van der Waals surface area (Å²) >= 11 is 0. The SMILES string of the molecule is CC(C)COc1cccc(N2CCCNCC2)c1. The van der Waals surface area contributed by atoms with Crippen LogP contribution >= 0.6 is 0 Å². The van der Waals surface area contributed by atoms with Gasteiger partial charge in [0.1, 0.15) is 5.75 Å². The molecule has 1 fully saturated rings. The van der Waals surface area contributed by atoms with Gasteiger partial charge < -0.3 is 15.0 Å². The van der Waals surface area contributed by atoms with Gasteiger partial charge in [0.15, 0.2) is 0 Å². The number of ether oxygens (including phenoxy) is 1. The molecule has 100 valence electrons. The molecule has 0 atom stereocenters. The van der Waals surface area contributed by atoms with Crippen molar-refractivity contribution < 1.29 is 4.74 Å². The molecule has 0 aliphatic carbocycles. The molecule has 0 bridgehead atoms. The second kappa shape index (κ2) is 6.64. The van der Waals surface area contributed by atoms with Crippen LogP contribution in [-0.4, -0.2) is 32.8 Å². The fourth-order valence-electron chi connectivity index (χ4n) is 2.14. The van der Waals surface area contributed by atoms with Gasteiger partial charge in [0, 0.05) is 31.4 Å². The van der Waals surface area contributed by atoms with Crippen molar-refractivity contribution >= 4 is 5.69 Å². The first kappa shape index (κ1) is 13.2. The highest BCUT2D eigenvalue weighted by Gasteiger charge is 2.10. The van der Waals surface area contributed by atoms with Crippen molar-refractivity contribution in [3.8, 4) is 5.75 Å². The number of hydrogen-bond donors (Lipinski definition) is 1. The molecule has 2 rings (SSSR count). The summed E-state index contributed by atoms with van der Waals surface area (Å²) in [6, 6.07) is 8.46. The molecular formula is C15H24N2O. The maximum Gasteiger partial charge on any atom is 0.121 e. The Kier molecular flexibility index (Phi) is 4.88. The highest BCUT2D eigenvalue weighted by Crippen LogP contribution is 2.22. The molecule has 0 amide bonds. The van der Waals surface area contributed by atoms with Gasteiger partial charge in [-0.1, -0.05) is 19.9 Å². The Morgan fingerprint density at radius 3 is 3.00 bits per heavy atom. The fourth-order valence-corrected chi connectivity index (χ4v) is 2.14. The average molecular weight is 248 g/mol. The Bertz CT molecular complexity index is 357. The minimum absolute atomic E-state index is 0.566. The Morgan fingerprint density at radius 1 is 1.28 bits per heavy atom. The van der Waals surface area contributed by atoms with E-state index in [1.807, 2.05) is 6.07 Å². The Labute approximate surface area is 110 Å². The van der Waals surface area contributed by atoms with Crippen molar-refractivity contribution in [2.45, 2.75) is 20.3 Å². The van der Waals surface area contributed by atoms with Crippen molar-refractivity contribution in [1.82, 2.24) is 5.32 Å². The third-order valence-electron chi connectivity index (χ3n) is 3.11. The van der Waals surface area contributed by atoms with Crippen molar-refractivity contribution in [2.75, 3.05) is 37.7 Å². The van der Waals surface area contributed by atoms with Crippen LogP contribution in [0.5, 0.6) is 5.75 Å². The lowest BCUT2D eigenvalue weighted by molar-refractivity contribution is 0.271. The molecule has 0 unspecified atom stereocenters. The normalized spacial score (nSPS) is 16.7. The van der Waals surface area contributed by atoms with Gasteiger partial charge in [-0.3, -0.25) is 0 Å². The molecule has 3 nitrogen and oxygen atoms in total. The van der Waals surface area contributed by atoms with Crippen LogP contribution in [0.1, 0.15) is 20.3 Å². The zero-order valence-corrected chi connectivity index (χ0v) is 11.5. The molecule has 1 aliphatic heterocycles. The summed E-state index contributed by atoms with van der Waals surface area (Å²) < 4.78 is 5.79. The molecule has 1 aromatic rings. The Balaban J connectivity index is 2.01. The summed E-state index contributed by atoms with van der Waals surface area (Å²) in [6.45, 7) is 9.52. The van der Waals surface area contributed by atoms with E-state index in [0.29, 0.717) is 5.92 Å². The van der Waals surface area contributed by atoms with E-state index in [4.69, 9.17) is 4.74 Å². The third-order valence-corrected chi connectivity index (χ3v) is 3.11. The molecule has 1 heterocycles. The number of nitrogens with zero attached hydrogens (tertiary/aromatic N) is 1. The number of hydrogen-bond acceptors (Lipinski definition) is 3. The summed E-state index contributed by atoms with van der Waals surface area (Å²) in [5.41, 5.74) is 1.28. The molecule has 1 saturated heterocycles. The van der Waals surface area contributed by atoms with Crippen LogP contribution in [0.4, 0.5) is 5.69 Å². The van der Waals surface area contributed by atoms with Gasteiger partial charge in [0.25, 0.3) is 0 Å². The summed E-state index contributed by atoms with van der Waals surface area (Å²) in [4.78, 5) is 2.43. The molecule has 1 aromatic carbocycles. The van der Waals surface area contributed by atoms with E-state index in [0.717, 1.165) is 38.5 Å². The van der Waals surface area contributed by atoms with Crippen molar-refractivity contribution in [2.24, 2.45) is 5.92 Å². The van der Waals surface area contributed by atoms with Gasteiger partial charge in [-0.15, -0.1) is 0 Å². The van der Waals surface area contributed by atoms with E-state index in [1.165, 1.54) is 12.1 Å². The predicted octanol–water partition coefficient (Wildman–Crippen LogP) is 2.52. The van der Waals surface area contributed by atoms with Crippen LogP contribution in [0, 0.1) is 5.92 Å². The largest absolute Gasteiger partial charge is 0.493 e. The molecule has 1 N–H and O–H groups in total. The molecule has 0 aromatic heterocycles. The summed E-state index contributed by atoms with van der Waals surface area (Å²) in [5, 5.41) is 3.43. The van der Waals surface area contributed by atoms with Crippen molar-refractivity contribution in [1.29, 1.82) is 0 Å². The van der Waals surface area contributed by atoms with Crippen molar-refractivity contribution in [3.63, 3.8) is 0 Å². The van der Waals surface area contributed by atoms with Crippen LogP contribution in [0.3, 0.4) is 0 Å². The van der Waals surface area contributed by atoms with E-state index in [-0.39, 0.29) is 0 Å². The molecule has 18 heavy (non-hydrogen) atoms. The second-order valence-electron chi connectivity index (χ2n) is 5.29. The van der Waals surface area contributed by atoms with E-state index in [2.05, 4.69) is 42.3 Å². The third kappa shape index (κ3) is 3.91. The molecule has 3 heteroatoms. The first-order valence-electron chi connectivity index (χ1n) is 6.94.